The van der Waals surface area contributed by atoms with Crippen molar-refractivity contribution in [3.63, 3.8) is 0 Å². The maximum Gasteiger partial charge on any atom is 0.246 e. The van der Waals surface area contributed by atoms with Crippen LogP contribution in [0.15, 0.2) is 91.1 Å². The van der Waals surface area contributed by atoms with E-state index >= 15 is 0 Å². The van der Waals surface area contributed by atoms with Crippen molar-refractivity contribution in [2.24, 2.45) is 0 Å². The molecule has 146 valence electrons. The molecular weight excluding hydrogens is 360 g/mol. The monoisotopic (exact) mass is 384 g/mol. The molecule has 4 heteroatoms. The van der Waals surface area contributed by atoms with Crippen LogP contribution in [-0.2, 0) is 17.9 Å². The van der Waals surface area contributed by atoms with E-state index in [1.165, 1.54) is 0 Å². The molecule has 0 aliphatic rings. The Kier molecular flexibility index (Phi) is 5.61. The van der Waals surface area contributed by atoms with Crippen LogP contribution in [0.25, 0.3) is 10.9 Å². The number of carbonyl (C=O) groups excluding carboxylic acids is 1. The van der Waals surface area contributed by atoms with E-state index in [4.69, 9.17) is 4.74 Å². The zero-order valence-corrected chi connectivity index (χ0v) is 16.5. The summed E-state index contributed by atoms with van der Waals surface area (Å²) in [5.41, 5.74) is 3.04. The van der Waals surface area contributed by atoms with Crippen LogP contribution in [0.1, 0.15) is 12.5 Å². The number of carbonyl (C=O) groups is 1. The van der Waals surface area contributed by atoms with Crippen molar-refractivity contribution in [3.05, 3.63) is 96.7 Å². The summed E-state index contributed by atoms with van der Waals surface area (Å²) in [6.45, 7) is 3.43. The van der Waals surface area contributed by atoms with Crippen LogP contribution < -0.4 is 9.64 Å². The van der Waals surface area contributed by atoms with E-state index in [9.17, 15) is 4.79 Å². The lowest BCUT2D eigenvalue weighted by molar-refractivity contribution is -0.119. The Bertz CT molecular complexity index is 1090. The summed E-state index contributed by atoms with van der Waals surface area (Å²) in [6, 6.07) is 27.9. The minimum Gasteiger partial charge on any atom is -0.488 e. The number of anilines is 1. The van der Waals surface area contributed by atoms with E-state index < -0.39 is 0 Å². The zero-order chi connectivity index (χ0) is 20.1. The third-order valence-electron chi connectivity index (χ3n) is 5.00. The van der Waals surface area contributed by atoms with Gasteiger partial charge in [-0.25, -0.2) is 0 Å². The topological polar surface area (TPSA) is 34.5 Å². The fourth-order valence-electron chi connectivity index (χ4n) is 3.54. The highest BCUT2D eigenvalue weighted by atomic mass is 16.5. The SMILES string of the molecule is CCN(C(=O)Cn1ccc2c(OCc3ccccc3)cccc21)c1ccccc1. The highest BCUT2D eigenvalue weighted by Crippen LogP contribution is 2.27. The van der Waals surface area contributed by atoms with Crippen LogP contribution >= 0.6 is 0 Å². The Hall–Kier alpha value is -3.53. The quantitative estimate of drug-likeness (QED) is 0.435. The first-order chi connectivity index (χ1) is 14.3. The second-order valence-electron chi connectivity index (χ2n) is 6.88. The van der Waals surface area contributed by atoms with Crippen LogP contribution in [0.4, 0.5) is 5.69 Å². The van der Waals surface area contributed by atoms with Crippen LogP contribution in [-0.4, -0.2) is 17.0 Å². The van der Waals surface area contributed by atoms with Gasteiger partial charge in [-0.15, -0.1) is 0 Å². The Balaban J connectivity index is 1.53. The molecule has 3 aromatic carbocycles. The van der Waals surface area contributed by atoms with Gasteiger partial charge in [0.15, 0.2) is 0 Å². The molecule has 0 bridgehead atoms. The summed E-state index contributed by atoms with van der Waals surface area (Å²) in [5.74, 6) is 0.889. The molecule has 0 radical (unpaired) electrons. The molecule has 4 aromatic rings. The van der Waals surface area contributed by atoms with Gasteiger partial charge in [-0.05, 0) is 42.8 Å². The van der Waals surface area contributed by atoms with Crippen molar-refractivity contribution in [2.45, 2.75) is 20.1 Å². The van der Waals surface area contributed by atoms with E-state index in [1.54, 1.807) is 0 Å². The van der Waals surface area contributed by atoms with Gasteiger partial charge < -0.3 is 14.2 Å². The molecule has 0 fully saturated rings. The average molecular weight is 384 g/mol. The number of hydrogen-bond acceptors (Lipinski definition) is 2. The molecule has 0 unspecified atom stereocenters. The van der Waals surface area contributed by atoms with Crippen molar-refractivity contribution in [2.75, 3.05) is 11.4 Å². The van der Waals surface area contributed by atoms with Gasteiger partial charge in [0.25, 0.3) is 0 Å². The average Bonchev–Trinajstić information content (AvgIpc) is 3.18. The first-order valence-electron chi connectivity index (χ1n) is 9.86. The van der Waals surface area contributed by atoms with Gasteiger partial charge >= 0.3 is 0 Å². The lowest BCUT2D eigenvalue weighted by Gasteiger charge is -2.21. The number of hydrogen-bond donors (Lipinski definition) is 0. The fraction of sp³-hybridized carbons (Fsp3) is 0.160. The van der Waals surface area contributed by atoms with E-state index in [0.29, 0.717) is 13.2 Å². The number of fused-ring (bicyclic) bond motifs is 1. The van der Waals surface area contributed by atoms with Gasteiger partial charge in [-0.1, -0.05) is 54.6 Å². The molecule has 1 aromatic heterocycles. The molecule has 4 nitrogen and oxygen atoms in total. The van der Waals surface area contributed by atoms with Crippen molar-refractivity contribution in [1.82, 2.24) is 4.57 Å². The van der Waals surface area contributed by atoms with Gasteiger partial charge in [-0.2, -0.15) is 0 Å². The van der Waals surface area contributed by atoms with Gasteiger partial charge in [0.2, 0.25) is 5.91 Å². The molecule has 0 aliphatic carbocycles. The third kappa shape index (κ3) is 4.16. The minimum absolute atomic E-state index is 0.0619. The molecule has 1 heterocycles. The Morgan fingerprint density at radius 3 is 2.34 bits per heavy atom. The molecule has 29 heavy (non-hydrogen) atoms. The summed E-state index contributed by atoms with van der Waals surface area (Å²) in [6.07, 6.45) is 1.96. The number of likely N-dealkylation sites (N-methyl/N-ethyl adjacent to an activating group) is 1. The van der Waals surface area contributed by atoms with Crippen LogP contribution in [0.2, 0.25) is 0 Å². The van der Waals surface area contributed by atoms with E-state index in [1.807, 2.05) is 108 Å². The largest absolute Gasteiger partial charge is 0.488 e. The number of benzene rings is 3. The maximum atomic E-state index is 13.0. The first-order valence-corrected chi connectivity index (χ1v) is 9.86. The molecule has 1 amide bonds. The van der Waals surface area contributed by atoms with Crippen LogP contribution in [0, 0.1) is 0 Å². The Morgan fingerprint density at radius 2 is 1.62 bits per heavy atom. The number of amides is 1. The van der Waals surface area contributed by atoms with E-state index in [-0.39, 0.29) is 12.5 Å². The predicted octanol–water partition coefficient (Wildman–Crippen LogP) is 5.27. The fourth-order valence-corrected chi connectivity index (χ4v) is 3.54. The summed E-state index contributed by atoms with van der Waals surface area (Å²) in [4.78, 5) is 14.8. The van der Waals surface area contributed by atoms with E-state index in [2.05, 4.69) is 0 Å². The summed E-state index contributed by atoms with van der Waals surface area (Å²) < 4.78 is 8.04. The van der Waals surface area contributed by atoms with Gasteiger partial charge in [0.05, 0.1) is 5.52 Å². The lowest BCUT2D eigenvalue weighted by Crippen LogP contribution is -2.33. The molecule has 4 rings (SSSR count). The zero-order valence-electron chi connectivity index (χ0n) is 16.5. The van der Waals surface area contributed by atoms with E-state index in [0.717, 1.165) is 27.9 Å². The van der Waals surface area contributed by atoms with Gasteiger partial charge in [0, 0.05) is 23.8 Å². The molecule has 0 saturated carbocycles. The summed E-state index contributed by atoms with van der Waals surface area (Å²) >= 11 is 0. The normalized spacial score (nSPS) is 10.8. The predicted molar refractivity (Wildman–Crippen MR) is 117 cm³/mol. The lowest BCUT2D eigenvalue weighted by atomic mass is 10.2. The number of nitrogens with zero attached hydrogens (tertiary/aromatic N) is 2. The van der Waals surface area contributed by atoms with Crippen LogP contribution in [0.3, 0.4) is 0 Å². The van der Waals surface area contributed by atoms with Crippen molar-refractivity contribution in [3.8, 4) is 5.75 Å². The molecule has 0 saturated heterocycles. The third-order valence-corrected chi connectivity index (χ3v) is 5.00. The van der Waals surface area contributed by atoms with Crippen molar-refractivity contribution < 1.29 is 9.53 Å². The second kappa shape index (κ2) is 8.65. The Morgan fingerprint density at radius 1 is 0.897 bits per heavy atom. The maximum absolute atomic E-state index is 13.0. The van der Waals surface area contributed by atoms with Gasteiger partial charge in [0.1, 0.15) is 18.9 Å². The number of aromatic nitrogens is 1. The van der Waals surface area contributed by atoms with Gasteiger partial charge in [-0.3, -0.25) is 4.79 Å². The summed E-state index contributed by atoms with van der Waals surface area (Å²) in [5, 5.41) is 1.01. The van der Waals surface area contributed by atoms with Crippen molar-refractivity contribution >= 4 is 22.5 Å². The van der Waals surface area contributed by atoms with Crippen LogP contribution in [0.5, 0.6) is 5.75 Å². The smallest absolute Gasteiger partial charge is 0.246 e. The first kappa shape index (κ1) is 18.8. The molecule has 0 atom stereocenters. The standard InChI is InChI=1S/C25H24N2O2/c1-2-27(21-12-7-4-8-13-21)25(28)18-26-17-16-22-23(26)14-9-15-24(22)29-19-20-10-5-3-6-11-20/h3-17H,2,18-19H2,1H3. The molecule has 0 spiro atoms. The minimum atomic E-state index is 0.0619. The number of para-hydroxylation sites is 1. The molecule has 0 N–H and O–H groups in total. The highest BCUT2D eigenvalue weighted by Gasteiger charge is 2.16. The summed E-state index contributed by atoms with van der Waals surface area (Å²) in [7, 11) is 0. The molecular formula is C25H24N2O2. The highest BCUT2D eigenvalue weighted by molar-refractivity contribution is 5.95. The second-order valence-corrected chi connectivity index (χ2v) is 6.88. The Labute approximate surface area is 171 Å². The number of ether oxygens (including phenoxy) is 1. The van der Waals surface area contributed by atoms with Crippen molar-refractivity contribution in [1.29, 1.82) is 0 Å². The molecule has 0 aliphatic heterocycles. The number of rotatable bonds is 7.